The first kappa shape index (κ1) is 16.5. The van der Waals surface area contributed by atoms with Gasteiger partial charge in [0.25, 0.3) is 5.91 Å². The molecule has 5 nitrogen and oxygen atoms in total. The van der Waals surface area contributed by atoms with Crippen molar-refractivity contribution in [1.82, 2.24) is 15.6 Å². The summed E-state index contributed by atoms with van der Waals surface area (Å²) < 4.78 is 41.3. The summed E-state index contributed by atoms with van der Waals surface area (Å²) in [6, 6.07) is 3.16. The maximum atomic E-state index is 12.2. The lowest BCUT2D eigenvalue weighted by molar-refractivity contribution is -0.154. The molecule has 2 atom stereocenters. The Labute approximate surface area is 126 Å². The topological polar surface area (TPSA) is 63.2 Å². The number of carbonyl (C=O) groups excluding carboxylic acids is 1. The molecule has 0 aromatic carbocycles. The van der Waals surface area contributed by atoms with Gasteiger partial charge in [-0.3, -0.25) is 4.79 Å². The monoisotopic (exact) mass is 317 g/mol. The summed E-state index contributed by atoms with van der Waals surface area (Å²) in [5.41, 5.74) is 0.0120. The van der Waals surface area contributed by atoms with E-state index in [0.29, 0.717) is 0 Å². The number of alkyl halides is 3. The molecule has 0 spiro atoms. The van der Waals surface area contributed by atoms with Gasteiger partial charge >= 0.3 is 6.18 Å². The molecule has 2 heterocycles. The number of hydrogen-bond donors (Lipinski definition) is 2. The van der Waals surface area contributed by atoms with Crippen LogP contribution in [0.3, 0.4) is 0 Å². The van der Waals surface area contributed by atoms with Crippen LogP contribution < -0.4 is 15.4 Å². The third-order valence-electron chi connectivity index (χ3n) is 3.35. The number of piperidine rings is 1. The van der Waals surface area contributed by atoms with Gasteiger partial charge in [-0.2, -0.15) is 13.2 Å². The molecular formula is C14H18F3N3O2. The van der Waals surface area contributed by atoms with Crippen LogP contribution in [0.4, 0.5) is 13.2 Å². The summed E-state index contributed by atoms with van der Waals surface area (Å²) >= 11 is 0. The Morgan fingerprint density at radius 1 is 1.55 bits per heavy atom. The van der Waals surface area contributed by atoms with Crippen LogP contribution in [0, 0.1) is 0 Å². The number of halogens is 3. The van der Waals surface area contributed by atoms with Crippen molar-refractivity contribution in [3.63, 3.8) is 0 Å². The number of aromatic nitrogens is 1. The van der Waals surface area contributed by atoms with E-state index < -0.39 is 18.7 Å². The average Bonchev–Trinajstić information content (AvgIpc) is 2.44. The Kier molecular flexibility index (Phi) is 5.23. The zero-order valence-corrected chi connectivity index (χ0v) is 12.1. The van der Waals surface area contributed by atoms with Gasteiger partial charge < -0.3 is 15.4 Å². The standard InChI is InChI=1S/C14H18F3N3O2/c1-9-7-10(4-6-18-9)20-12(21)11-3-2-5-19-13(11)22-8-14(15,16)17/h2-3,5,9-10,18H,4,6-8H2,1H3,(H,20,21). The number of hydrogen-bond acceptors (Lipinski definition) is 4. The van der Waals surface area contributed by atoms with E-state index >= 15 is 0 Å². The predicted molar refractivity (Wildman–Crippen MR) is 73.7 cm³/mol. The molecule has 1 amide bonds. The Hall–Kier alpha value is -1.83. The maximum absolute atomic E-state index is 12.2. The highest BCUT2D eigenvalue weighted by atomic mass is 19.4. The van der Waals surface area contributed by atoms with Gasteiger partial charge in [0, 0.05) is 18.3 Å². The van der Waals surface area contributed by atoms with Crippen molar-refractivity contribution >= 4 is 5.91 Å². The molecule has 2 unspecified atom stereocenters. The molecule has 1 aromatic rings. The largest absolute Gasteiger partial charge is 0.467 e. The van der Waals surface area contributed by atoms with Gasteiger partial charge in [-0.05, 0) is 38.4 Å². The molecule has 1 saturated heterocycles. The summed E-state index contributed by atoms with van der Waals surface area (Å²) in [6.07, 6.45) is -1.65. The van der Waals surface area contributed by atoms with Crippen molar-refractivity contribution in [2.24, 2.45) is 0 Å². The minimum Gasteiger partial charge on any atom is -0.467 e. The normalized spacial score (nSPS) is 22.2. The average molecular weight is 317 g/mol. The quantitative estimate of drug-likeness (QED) is 0.890. The molecule has 1 aromatic heterocycles. The second-order valence-corrected chi connectivity index (χ2v) is 5.31. The molecule has 1 fully saturated rings. The first-order valence-electron chi connectivity index (χ1n) is 7.04. The maximum Gasteiger partial charge on any atom is 0.422 e. The van der Waals surface area contributed by atoms with Crippen LogP contribution in [-0.4, -0.2) is 42.3 Å². The zero-order valence-electron chi connectivity index (χ0n) is 12.1. The molecule has 22 heavy (non-hydrogen) atoms. The third kappa shape index (κ3) is 4.87. The Bertz CT molecular complexity index is 522. The summed E-state index contributed by atoms with van der Waals surface area (Å²) in [4.78, 5) is 15.9. The van der Waals surface area contributed by atoms with Crippen LogP contribution in [0.2, 0.25) is 0 Å². The molecule has 1 aliphatic rings. The number of nitrogens with zero attached hydrogens (tertiary/aromatic N) is 1. The van der Waals surface area contributed by atoms with E-state index in [1.165, 1.54) is 18.3 Å². The highest BCUT2D eigenvalue weighted by Gasteiger charge is 2.30. The number of amides is 1. The van der Waals surface area contributed by atoms with Gasteiger partial charge in [0.15, 0.2) is 6.61 Å². The highest BCUT2D eigenvalue weighted by molar-refractivity contribution is 5.96. The highest BCUT2D eigenvalue weighted by Crippen LogP contribution is 2.20. The summed E-state index contributed by atoms with van der Waals surface area (Å²) in [5.74, 6) is -0.774. The van der Waals surface area contributed by atoms with Crippen LogP contribution in [0.25, 0.3) is 0 Å². The fourth-order valence-corrected chi connectivity index (χ4v) is 2.36. The Morgan fingerprint density at radius 2 is 2.32 bits per heavy atom. The molecule has 0 radical (unpaired) electrons. The Morgan fingerprint density at radius 3 is 3.00 bits per heavy atom. The summed E-state index contributed by atoms with van der Waals surface area (Å²) in [7, 11) is 0. The number of pyridine rings is 1. The number of rotatable bonds is 4. The summed E-state index contributed by atoms with van der Waals surface area (Å²) in [6.45, 7) is 1.32. The Balaban J connectivity index is 2.02. The fourth-order valence-electron chi connectivity index (χ4n) is 2.36. The van der Waals surface area contributed by atoms with Crippen LogP contribution in [0.1, 0.15) is 30.1 Å². The first-order valence-corrected chi connectivity index (χ1v) is 7.04. The van der Waals surface area contributed by atoms with Gasteiger partial charge in [0.1, 0.15) is 5.56 Å². The predicted octanol–water partition coefficient (Wildman–Crippen LogP) is 1.89. The lowest BCUT2D eigenvalue weighted by Gasteiger charge is -2.28. The van der Waals surface area contributed by atoms with Crippen LogP contribution >= 0.6 is 0 Å². The molecule has 1 aliphatic heterocycles. The van der Waals surface area contributed by atoms with E-state index in [1.807, 2.05) is 6.92 Å². The van der Waals surface area contributed by atoms with Crippen molar-refractivity contribution in [3.8, 4) is 5.88 Å². The second kappa shape index (κ2) is 6.95. The molecule has 8 heteroatoms. The number of carbonyl (C=O) groups is 1. The molecule has 0 bridgehead atoms. The van der Waals surface area contributed by atoms with E-state index in [4.69, 9.17) is 0 Å². The summed E-state index contributed by atoms with van der Waals surface area (Å²) in [5, 5.41) is 6.08. The van der Waals surface area contributed by atoms with E-state index in [2.05, 4.69) is 20.4 Å². The van der Waals surface area contributed by atoms with E-state index in [-0.39, 0.29) is 23.5 Å². The lowest BCUT2D eigenvalue weighted by atomic mass is 10.0. The van der Waals surface area contributed by atoms with Gasteiger partial charge in [0.05, 0.1) is 0 Å². The van der Waals surface area contributed by atoms with Crippen LogP contribution in [-0.2, 0) is 0 Å². The van der Waals surface area contributed by atoms with Gasteiger partial charge in [-0.25, -0.2) is 4.98 Å². The molecule has 0 aliphatic carbocycles. The van der Waals surface area contributed by atoms with Crippen LogP contribution in [0.5, 0.6) is 5.88 Å². The van der Waals surface area contributed by atoms with Gasteiger partial charge in [0.2, 0.25) is 5.88 Å². The van der Waals surface area contributed by atoms with Crippen molar-refractivity contribution in [2.75, 3.05) is 13.2 Å². The van der Waals surface area contributed by atoms with Crippen molar-refractivity contribution in [3.05, 3.63) is 23.9 Å². The minimum atomic E-state index is -4.48. The molecular weight excluding hydrogens is 299 g/mol. The lowest BCUT2D eigenvalue weighted by Crippen LogP contribution is -2.46. The SMILES string of the molecule is CC1CC(NC(=O)c2cccnc2OCC(F)(F)F)CCN1. The third-order valence-corrected chi connectivity index (χ3v) is 3.35. The van der Waals surface area contributed by atoms with Crippen molar-refractivity contribution in [1.29, 1.82) is 0 Å². The fraction of sp³-hybridized carbons (Fsp3) is 0.571. The van der Waals surface area contributed by atoms with E-state index in [1.54, 1.807) is 0 Å². The van der Waals surface area contributed by atoms with Crippen LogP contribution in [0.15, 0.2) is 18.3 Å². The van der Waals surface area contributed by atoms with Crippen molar-refractivity contribution < 1.29 is 22.7 Å². The first-order chi connectivity index (χ1) is 10.3. The molecule has 122 valence electrons. The molecule has 0 saturated carbocycles. The van der Waals surface area contributed by atoms with Gasteiger partial charge in [-0.1, -0.05) is 0 Å². The minimum absolute atomic E-state index is 0.0120. The molecule has 2 rings (SSSR count). The smallest absolute Gasteiger partial charge is 0.422 e. The van der Waals surface area contributed by atoms with E-state index in [9.17, 15) is 18.0 Å². The number of nitrogens with one attached hydrogen (secondary N) is 2. The van der Waals surface area contributed by atoms with Crippen molar-refractivity contribution in [2.45, 2.75) is 38.0 Å². The zero-order chi connectivity index (χ0) is 16.2. The second-order valence-electron chi connectivity index (χ2n) is 5.31. The van der Waals surface area contributed by atoms with E-state index in [0.717, 1.165) is 19.4 Å². The molecule has 2 N–H and O–H groups in total. The van der Waals surface area contributed by atoms with Gasteiger partial charge in [-0.15, -0.1) is 0 Å². The number of ether oxygens (including phenoxy) is 1.